The van der Waals surface area contributed by atoms with Gasteiger partial charge in [0.1, 0.15) is 0 Å². The highest BCUT2D eigenvalue weighted by Gasteiger charge is 2.23. The molecule has 0 fully saturated rings. The van der Waals surface area contributed by atoms with Crippen LogP contribution in [0.3, 0.4) is 0 Å². The van der Waals surface area contributed by atoms with Crippen LogP contribution in [0.15, 0.2) is 0 Å². The fraction of sp³-hybridized carbons (Fsp3) is 0.800. The van der Waals surface area contributed by atoms with Crippen molar-refractivity contribution in [3.63, 3.8) is 0 Å². The first-order valence-corrected chi connectivity index (χ1v) is 7.32. The van der Waals surface area contributed by atoms with E-state index in [0.717, 1.165) is 0 Å². The second-order valence-electron chi connectivity index (χ2n) is 6.71. The van der Waals surface area contributed by atoms with Crippen molar-refractivity contribution in [2.75, 3.05) is 13.3 Å². The van der Waals surface area contributed by atoms with Crippen LogP contribution in [-0.2, 0) is 19.1 Å². The van der Waals surface area contributed by atoms with Gasteiger partial charge in [-0.05, 0) is 39.0 Å². The lowest BCUT2D eigenvalue weighted by atomic mass is 9.94. The third-order valence-electron chi connectivity index (χ3n) is 2.80. The first-order valence-electron chi connectivity index (χ1n) is 7.32. The smallest absolute Gasteiger partial charge is 0.410 e. The summed E-state index contributed by atoms with van der Waals surface area (Å²) in [6, 6.07) is 0. The van der Waals surface area contributed by atoms with Crippen LogP contribution in [0.5, 0.6) is 0 Å². The quantitative estimate of drug-likeness (QED) is 0.526. The maximum atomic E-state index is 11.5. The molecule has 0 radical (unpaired) electrons. The van der Waals surface area contributed by atoms with E-state index in [1.165, 1.54) is 0 Å². The monoisotopic (exact) mass is 317 g/mol. The van der Waals surface area contributed by atoms with Crippen LogP contribution in [0.4, 0.5) is 4.79 Å². The van der Waals surface area contributed by atoms with Crippen LogP contribution in [0, 0.1) is 17.3 Å². The lowest BCUT2D eigenvalue weighted by Crippen LogP contribution is -2.33. The van der Waals surface area contributed by atoms with Crippen molar-refractivity contribution >= 4 is 18.0 Å². The lowest BCUT2D eigenvalue weighted by molar-refractivity contribution is -0.161. The van der Waals surface area contributed by atoms with Crippen LogP contribution >= 0.6 is 0 Å². The molecule has 1 atom stereocenters. The Morgan fingerprint density at radius 3 is 2.18 bits per heavy atom. The first kappa shape index (κ1) is 20.2. The van der Waals surface area contributed by atoms with E-state index in [4.69, 9.17) is 14.6 Å². The SMILES string of the molecule is CC(C)CC(CNC(=O)OCOC(=O)C(C)(C)C)CC(=O)O. The number of alkyl carbamates (subject to hydrolysis) is 1. The Kier molecular flexibility index (Phi) is 8.52. The Labute approximate surface area is 131 Å². The van der Waals surface area contributed by atoms with Gasteiger partial charge in [-0.2, -0.15) is 0 Å². The van der Waals surface area contributed by atoms with Crippen molar-refractivity contribution in [1.82, 2.24) is 5.32 Å². The van der Waals surface area contributed by atoms with Crippen molar-refractivity contribution in [2.24, 2.45) is 17.3 Å². The van der Waals surface area contributed by atoms with Gasteiger partial charge in [0, 0.05) is 13.0 Å². The zero-order valence-corrected chi connectivity index (χ0v) is 14.0. The molecule has 22 heavy (non-hydrogen) atoms. The van der Waals surface area contributed by atoms with Crippen LogP contribution in [0.2, 0.25) is 0 Å². The van der Waals surface area contributed by atoms with Crippen LogP contribution in [0.1, 0.15) is 47.5 Å². The number of aliphatic carboxylic acids is 1. The maximum Gasteiger partial charge on any atom is 0.410 e. The number of carboxylic acid groups (broad SMARTS) is 1. The van der Waals surface area contributed by atoms with Gasteiger partial charge in [-0.25, -0.2) is 4.79 Å². The number of nitrogens with one attached hydrogen (secondary N) is 1. The third-order valence-corrected chi connectivity index (χ3v) is 2.80. The molecule has 0 aliphatic rings. The largest absolute Gasteiger partial charge is 0.481 e. The maximum absolute atomic E-state index is 11.5. The topological polar surface area (TPSA) is 102 Å². The Hall–Kier alpha value is -1.79. The molecule has 1 amide bonds. The van der Waals surface area contributed by atoms with E-state index in [1.807, 2.05) is 13.8 Å². The second-order valence-corrected chi connectivity index (χ2v) is 6.71. The summed E-state index contributed by atoms with van der Waals surface area (Å²) in [5.41, 5.74) is -0.663. The predicted octanol–water partition coefficient (Wildman–Crippen LogP) is 2.40. The highest BCUT2D eigenvalue weighted by molar-refractivity contribution is 5.75. The van der Waals surface area contributed by atoms with E-state index >= 15 is 0 Å². The van der Waals surface area contributed by atoms with E-state index in [-0.39, 0.29) is 18.9 Å². The zero-order chi connectivity index (χ0) is 17.3. The minimum atomic E-state index is -0.903. The van der Waals surface area contributed by atoms with Crippen molar-refractivity contribution in [3.05, 3.63) is 0 Å². The van der Waals surface area contributed by atoms with Gasteiger partial charge in [-0.3, -0.25) is 9.59 Å². The van der Waals surface area contributed by atoms with Gasteiger partial charge in [0.2, 0.25) is 6.79 Å². The van der Waals surface area contributed by atoms with Crippen molar-refractivity contribution < 1.29 is 29.0 Å². The molecule has 0 heterocycles. The molecule has 128 valence electrons. The number of carbonyl (C=O) groups excluding carboxylic acids is 2. The molecule has 7 nitrogen and oxygen atoms in total. The second kappa shape index (κ2) is 9.27. The first-order chi connectivity index (χ1) is 10.0. The number of esters is 1. The average molecular weight is 317 g/mol. The zero-order valence-electron chi connectivity index (χ0n) is 14.0. The number of hydrogen-bond donors (Lipinski definition) is 2. The van der Waals surface area contributed by atoms with Gasteiger partial charge >= 0.3 is 18.0 Å². The van der Waals surface area contributed by atoms with Crippen LogP contribution < -0.4 is 5.32 Å². The molecule has 0 aliphatic heterocycles. The average Bonchev–Trinajstić information content (AvgIpc) is 2.33. The molecular weight excluding hydrogens is 290 g/mol. The summed E-state index contributed by atoms with van der Waals surface area (Å²) in [5.74, 6) is -1.21. The summed E-state index contributed by atoms with van der Waals surface area (Å²) in [5, 5.41) is 11.3. The molecule has 7 heteroatoms. The molecule has 2 N–H and O–H groups in total. The standard InChI is InChI=1S/C15H27NO6/c1-10(2)6-11(7-12(17)18)8-16-14(20)22-9-21-13(19)15(3,4)5/h10-11H,6-9H2,1-5H3,(H,16,20)(H,17,18). The Bertz CT molecular complexity index is 386. The van der Waals surface area contributed by atoms with Crippen molar-refractivity contribution in [2.45, 2.75) is 47.5 Å². The number of carbonyl (C=O) groups is 3. The van der Waals surface area contributed by atoms with Gasteiger partial charge in [-0.1, -0.05) is 13.8 Å². The molecule has 0 aliphatic carbocycles. The normalized spacial score (nSPS) is 12.6. The fourth-order valence-electron chi connectivity index (χ4n) is 1.78. The summed E-state index contributed by atoms with van der Waals surface area (Å²) >= 11 is 0. The number of ether oxygens (including phenoxy) is 2. The Balaban J connectivity index is 4.08. The van der Waals surface area contributed by atoms with Gasteiger partial charge in [0.05, 0.1) is 5.41 Å². The predicted molar refractivity (Wildman–Crippen MR) is 80.1 cm³/mol. The molecule has 0 saturated carbocycles. The van der Waals surface area contributed by atoms with Gasteiger partial charge in [-0.15, -0.1) is 0 Å². The summed E-state index contributed by atoms with van der Waals surface area (Å²) in [4.78, 5) is 33.7. The molecule has 0 aromatic heterocycles. The van der Waals surface area contributed by atoms with Crippen molar-refractivity contribution in [1.29, 1.82) is 0 Å². The van der Waals surface area contributed by atoms with E-state index in [9.17, 15) is 14.4 Å². The van der Waals surface area contributed by atoms with Crippen LogP contribution in [-0.4, -0.2) is 36.5 Å². The summed E-state index contributed by atoms with van der Waals surface area (Å²) in [7, 11) is 0. The van der Waals surface area contributed by atoms with E-state index < -0.39 is 30.2 Å². The summed E-state index contributed by atoms with van der Waals surface area (Å²) < 4.78 is 9.52. The Morgan fingerprint density at radius 1 is 1.14 bits per heavy atom. The number of rotatable bonds is 8. The molecule has 0 aromatic carbocycles. The Morgan fingerprint density at radius 2 is 1.73 bits per heavy atom. The summed E-state index contributed by atoms with van der Waals surface area (Å²) in [6.07, 6.45) is -0.0656. The molecule has 1 unspecified atom stereocenters. The van der Waals surface area contributed by atoms with E-state index in [2.05, 4.69) is 5.32 Å². The minimum absolute atomic E-state index is 0.0164. The number of amides is 1. The van der Waals surface area contributed by atoms with Gasteiger partial charge in [0.25, 0.3) is 0 Å². The number of hydrogen-bond acceptors (Lipinski definition) is 5. The molecular formula is C15H27NO6. The molecule has 0 bridgehead atoms. The number of carboxylic acids is 1. The summed E-state index contributed by atoms with van der Waals surface area (Å²) in [6.45, 7) is 8.79. The van der Waals surface area contributed by atoms with Crippen molar-refractivity contribution in [3.8, 4) is 0 Å². The van der Waals surface area contributed by atoms with Gasteiger partial charge in [0.15, 0.2) is 0 Å². The highest BCUT2D eigenvalue weighted by Crippen LogP contribution is 2.15. The fourth-order valence-corrected chi connectivity index (χ4v) is 1.78. The molecule has 0 spiro atoms. The highest BCUT2D eigenvalue weighted by atomic mass is 16.7. The van der Waals surface area contributed by atoms with E-state index in [0.29, 0.717) is 12.3 Å². The van der Waals surface area contributed by atoms with E-state index in [1.54, 1.807) is 20.8 Å². The molecule has 0 rings (SSSR count). The molecule has 0 saturated heterocycles. The van der Waals surface area contributed by atoms with Gasteiger partial charge < -0.3 is 19.9 Å². The molecule has 0 aromatic rings. The minimum Gasteiger partial charge on any atom is -0.481 e. The van der Waals surface area contributed by atoms with Crippen LogP contribution in [0.25, 0.3) is 0 Å². The third kappa shape index (κ3) is 10.0. The lowest BCUT2D eigenvalue weighted by Gasteiger charge is -2.18.